The third-order valence-electron chi connectivity index (χ3n) is 3.13. The smallest absolute Gasteiger partial charge is 0.146 e. The Kier molecular flexibility index (Phi) is 7.51. The summed E-state index contributed by atoms with van der Waals surface area (Å²) in [6, 6.07) is 5.10. The van der Waals surface area contributed by atoms with Gasteiger partial charge in [-0.3, -0.25) is 0 Å². The number of anilines is 1. The lowest BCUT2D eigenvalue weighted by atomic mass is 10.1. The van der Waals surface area contributed by atoms with Crippen molar-refractivity contribution in [1.82, 2.24) is 5.32 Å². The summed E-state index contributed by atoms with van der Waals surface area (Å²) in [5.74, 6) is -0.232. The fourth-order valence-corrected chi connectivity index (χ4v) is 2.02. The van der Waals surface area contributed by atoms with E-state index in [9.17, 15) is 9.50 Å². The van der Waals surface area contributed by atoms with Crippen molar-refractivity contribution in [3.63, 3.8) is 0 Å². The first-order chi connectivity index (χ1) is 9.56. The summed E-state index contributed by atoms with van der Waals surface area (Å²) in [6.45, 7) is 4.30. The van der Waals surface area contributed by atoms with E-state index in [4.69, 9.17) is 4.74 Å². The van der Waals surface area contributed by atoms with Crippen molar-refractivity contribution >= 4 is 5.69 Å². The fraction of sp³-hybridized carbons (Fsp3) is 0.600. The molecule has 0 aliphatic heterocycles. The quantitative estimate of drug-likeness (QED) is 0.678. The molecule has 0 heterocycles. The van der Waals surface area contributed by atoms with Gasteiger partial charge in [0, 0.05) is 33.8 Å². The summed E-state index contributed by atoms with van der Waals surface area (Å²) < 4.78 is 19.0. The second-order valence-corrected chi connectivity index (χ2v) is 4.98. The second kappa shape index (κ2) is 8.89. The number of benzene rings is 1. The third kappa shape index (κ3) is 5.45. The van der Waals surface area contributed by atoms with Crippen molar-refractivity contribution < 1.29 is 14.2 Å². The van der Waals surface area contributed by atoms with E-state index >= 15 is 0 Å². The molecule has 1 aromatic carbocycles. The van der Waals surface area contributed by atoms with Gasteiger partial charge in [0.25, 0.3) is 0 Å². The van der Waals surface area contributed by atoms with Crippen LogP contribution in [0, 0.1) is 5.82 Å². The third-order valence-corrected chi connectivity index (χ3v) is 3.13. The van der Waals surface area contributed by atoms with Crippen molar-refractivity contribution in [2.24, 2.45) is 0 Å². The zero-order chi connectivity index (χ0) is 15.0. The Balaban J connectivity index is 2.71. The van der Waals surface area contributed by atoms with Gasteiger partial charge in [-0.05, 0) is 25.0 Å². The Bertz CT molecular complexity index is 399. The molecular weight excluding hydrogens is 259 g/mol. The molecule has 1 aromatic rings. The van der Waals surface area contributed by atoms with Crippen LogP contribution in [0.15, 0.2) is 18.2 Å². The van der Waals surface area contributed by atoms with Crippen LogP contribution >= 0.6 is 0 Å². The molecular formula is C15H25FN2O2. The monoisotopic (exact) mass is 284 g/mol. The van der Waals surface area contributed by atoms with E-state index in [0.29, 0.717) is 31.8 Å². The van der Waals surface area contributed by atoms with Gasteiger partial charge in [0.05, 0.1) is 18.4 Å². The molecule has 1 rings (SSSR count). The molecule has 0 spiro atoms. The number of ether oxygens (including phenoxy) is 1. The number of rotatable bonds is 9. The maximum absolute atomic E-state index is 14.0. The molecule has 0 fully saturated rings. The van der Waals surface area contributed by atoms with E-state index in [1.54, 1.807) is 20.1 Å². The molecule has 0 radical (unpaired) electrons. The van der Waals surface area contributed by atoms with E-state index in [2.05, 4.69) is 5.32 Å². The Morgan fingerprint density at radius 1 is 1.45 bits per heavy atom. The molecule has 20 heavy (non-hydrogen) atoms. The SMILES string of the molecule is COCCNCc1cccc(F)c1N(C)CCC(C)O. The zero-order valence-corrected chi connectivity index (χ0v) is 12.5. The number of hydrogen-bond acceptors (Lipinski definition) is 4. The van der Waals surface area contributed by atoms with E-state index in [-0.39, 0.29) is 11.9 Å². The normalized spacial score (nSPS) is 12.4. The first-order valence-corrected chi connectivity index (χ1v) is 6.92. The first kappa shape index (κ1) is 16.9. The minimum absolute atomic E-state index is 0.232. The number of aliphatic hydroxyl groups is 1. The maximum atomic E-state index is 14.0. The van der Waals surface area contributed by atoms with Crippen LogP contribution in [0.4, 0.5) is 10.1 Å². The molecule has 0 bridgehead atoms. The van der Waals surface area contributed by atoms with E-state index in [1.807, 2.05) is 18.0 Å². The second-order valence-electron chi connectivity index (χ2n) is 4.98. The molecule has 1 atom stereocenters. The summed E-state index contributed by atoms with van der Waals surface area (Å²) >= 11 is 0. The highest BCUT2D eigenvalue weighted by atomic mass is 19.1. The van der Waals surface area contributed by atoms with Gasteiger partial charge in [-0.1, -0.05) is 12.1 Å². The zero-order valence-electron chi connectivity index (χ0n) is 12.5. The van der Waals surface area contributed by atoms with Gasteiger partial charge < -0.3 is 20.1 Å². The summed E-state index contributed by atoms with van der Waals surface area (Å²) in [5.41, 5.74) is 1.51. The van der Waals surface area contributed by atoms with Crippen molar-refractivity contribution in [2.75, 3.05) is 38.8 Å². The predicted molar refractivity (Wildman–Crippen MR) is 79.6 cm³/mol. The van der Waals surface area contributed by atoms with Gasteiger partial charge in [0.2, 0.25) is 0 Å². The van der Waals surface area contributed by atoms with Crippen LogP contribution in [0.3, 0.4) is 0 Å². The topological polar surface area (TPSA) is 44.7 Å². The Labute approximate surface area is 120 Å². The average molecular weight is 284 g/mol. The summed E-state index contributed by atoms with van der Waals surface area (Å²) in [5, 5.41) is 12.6. The van der Waals surface area contributed by atoms with Gasteiger partial charge in [-0.25, -0.2) is 4.39 Å². The highest BCUT2D eigenvalue weighted by Gasteiger charge is 2.13. The predicted octanol–water partition coefficient (Wildman–Crippen LogP) is 1.77. The van der Waals surface area contributed by atoms with Gasteiger partial charge in [0.15, 0.2) is 0 Å². The van der Waals surface area contributed by atoms with Gasteiger partial charge in [0.1, 0.15) is 5.82 Å². The molecule has 1 unspecified atom stereocenters. The molecule has 0 aliphatic carbocycles. The van der Waals surface area contributed by atoms with E-state index < -0.39 is 0 Å². The van der Waals surface area contributed by atoms with E-state index in [1.165, 1.54) is 6.07 Å². The van der Waals surface area contributed by atoms with Crippen molar-refractivity contribution in [3.05, 3.63) is 29.6 Å². The lowest BCUT2D eigenvalue weighted by molar-refractivity contribution is 0.186. The van der Waals surface area contributed by atoms with Crippen LogP contribution in [-0.2, 0) is 11.3 Å². The number of aliphatic hydroxyl groups excluding tert-OH is 1. The van der Waals surface area contributed by atoms with Crippen molar-refractivity contribution in [2.45, 2.75) is 26.0 Å². The van der Waals surface area contributed by atoms with Gasteiger partial charge in [-0.15, -0.1) is 0 Å². The highest BCUT2D eigenvalue weighted by Crippen LogP contribution is 2.23. The highest BCUT2D eigenvalue weighted by molar-refractivity contribution is 5.54. The molecule has 0 aliphatic rings. The molecule has 0 saturated heterocycles. The number of halogens is 1. The van der Waals surface area contributed by atoms with Crippen LogP contribution in [0.2, 0.25) is 0 Å². The largest absolute Gasteiger partial charge is 0.393 e. The number of nitrogens with zero attached hydrogens (tertiary/aromatic N) is 1. The number of methoxy groups -OCH3 is 1. The summed E-state index contributed by atoms with van der Waals surface area (Å²) in [6.07, 6.45) is 0.231. The summed E-state index contributed by atoms with van der Waals surface area (Å²) in [7, 11) is 3.50. The molecule has 4 nitrogen and oxygen atoms in total. The van der Waals surface area contributed by atoms with Gasteiger partial charge in [-0.2, -0.15) is 0 Å². The molecule has 114 valence electrons. The minimum Gasteiger partial charge on any atom is -0.393 e. The first-order valence-electron chi connectivity index (χ1n) is 6.92. The fourth-order valence-electron chi connectivity index (χ4n) is 2.02. The average Bonchev–Trinajstić information content (AvgIpc) is 2.41. The standard InChI is InChI=1S/C15H25FN2O2/c1-12(19)7-9-18(2)15-13(5-4-6-14(15)16)11-17-8-10-20-3/h4-6,12,17,19H,7-11H2,1-3H3. The molecule has 0 amide bonds. The van der Waals surface area contributed by atoms with Crippen LogP contribution in [-0.4, -0.2) is 45.1 Å². The van der Waals surface area contributed by atoms with Gasteiger partial charge >= 0.3 is 0 Å². The summed E-state index contributed by atoms with van der Waals surface area (Å²) in [4.78, 5) is 1.86. The molecule has 0 saturated carbocycles. The van der Waals surface area contributed by atoms with Crippen molar-refractivity contribution in [1.29, 1.82) is 0 Å². The minimum atomic E-state index is -0.382. The maximum Gasteiger partial charge on any atom is 0.146 e. The Morgan fingerprint density at radius 2 is 2.20 bits per heavy atom. The Hall–Kier alpha value is -1.17. The lowest BCUT2D eigenvalue weighted by Crippen LogP contribution is -2.26. The molecule has 2 N–H and O–H groups in total. The number of hydrogen-bond donors (Lipinski definition) is 2. The van der Waals surface area contributed by atoms with Crippen LogP contribution in [0.25, 0.3) is 0 Å². The molecule has 0 aromatic heterocycles. The van der Waals surface area contributed by atoms with E-state index in [0.717, 1.165) is 12.1 Å². The van der Waals surface area contributed by atoms with Crippen LogP contribution < -0.4 is 10.2 Å². The number of para-hydroxylation sites is 1. The Morgan fingerprint density at radius 3 is 2.85 bits per heavy atom. The van der Waals surface area contributed by atoms with Crippen LogP contribution in [0.1, 0.15) is 18.9 Å². The molecule has 5 heteroatoms. The van der Waals surface area contributed by atoms with Crippen molar-refractivity contribution in [3.8, 4) is 0 Å². The number of nitrogens with one attached hydrogen (secondary N) is 1. The lowest BCUT2D eigenvalue weighted by Gasteiger charge is -2.24. The van der Waals surface area contributed by atoms with Crippen LogP contribution in [0.5, 0.6) is 0 Å².